The molecule has 3 amide bonds. The number of nitrogens with zero attached hydrogens (tertiary/aromatic N) is 2. The molecule has 0 unspecified atom stereocenters. The lowest BCUT2D eigenvalue weighted by Crippen LogP contribution is -2.52. The highest BCUT2D eigenvalue weighted by Crippen LogP contribution is 2.51. The number of fused-ring (bicyclic) bond motifs is 2. The number of carbonyl (C=O) groups is 3. The van der Waals surface area contributed by atoms with Crippen LogP contribution in [0.3, 0.4) is 0 Å². The van der Waals surface area contributed by atoms with Crippen LogP contribution in [0.4, 0.5) is 24.7 Å². The zero-order valence-electron chi connectivity index (χ0n) is 23.9. The van der Waals surface area contributed by atoms with Crippen LogP contribution < -0.4 is 16.0 Å². The van der Waals surface area contributed by atoms with Gasteiger partial charge in [-0.1, -0.05) is 49.2 Å². The van der Waals surface area contributed by atoms with Gasteiger partial charge in [-0.2, -0.15) is 13.2 Å². The third kappa shape index (κ3) is 6.56. The number of hydrogen-bond acceptors (Lipinski definition) is 5. The summed E-state index contributed by atoms with van der Waals surface area (Å²) >= 11 is 0. The van der Waals surface area contributed by atoms with E-state index in [4.69, 9.17) is 0 Å². The topological polar surface area (TPSA) is 103 Å². The van der Waals surface area contributed by atoms with Gasteiger partial charge in [0.25, 0.3) is 0 Å². The first-order valence-electron chi connectivity index (χ1n) is 14.3. The van der Waals surface area contributed by atoms with Gasteiger partial charge in [0.15, 0.2) is 0 Å². The molecule has 1 aliphatic carbocycles. The summed E-state index contributed by atoms with van der Waals surface area (Å²) in [7, 11) is 1.76. The van der Waals surface area contributed by atoms with E-state index >= 15 is 0 Å². The molecule has 0 spiro atoms. The molecule has 226 valence electrons. The maximum absolute atomic E-state index is 14.4. The van der Waals surface area contributed by atoms with Crippen molar-refractivity contribution >= 4 is 29.2 Å². The molecule has 2 heterocycles. The Labute approximate surface area is 248 Å². The van der Waals surface area contributed by atoms with Gasteiger partial charge in [0.05, 0.1) is 6.42 Å². The Morgan fingerprint density at radius 2 is 1.72 bits per heavy atom. The standard InChI is InChI=1S/C32H34F3N5O3/c1-36-18-23-7-2-3-8-24(23)19-40(30(43)31(32(33,34)35)12-4-5-13-31)20-28(42)38-26-11-10-21-15-22-9-6-14-37-29(22)39-27(41)17-25(21)16-26/h2-3,6-11,14,16,36H,4-5,12-13,15,17-20H2,1H3,(H,38,42)(H,37,39,41). The summed E-state index contributed by atoms with van der Waals surface area (Å²) in [4.78, 5) is 45.0. The second kappa shape index (κ2) is 12.5. The van der Waals surface area contributed by atoms with E-state index < -0.39 is 30.0 Å². The first-order chi connectivity index (χ1) is 20.6. The SMILES string of the molecule is CNCc1ccccc1CN(CC(=O)Nc1ccc2c(c1)CC(=O)Nc1ncccc1C2)C(=O)C1(C(F)(F)F)CCCC1. The molecule has 1 fully saturated rings. The molecule has 3 aromatic rings. The summed E-state index contributed by atoms with van der Waals surface area (Å²) in [5.41, 5.74) is 1.83. The molecule has 43 heavy (non-hydrogen) atoms. The molecular formula is C32H34F3N5O3. The number of halogens is 3. The molecule has 0 saturated heterocycles. The van der Waals surface area contributed by atoms with Gasteiger partial charge in [0, 0.05) is 31.4 Å². The summed E-state index contributed by atoms with van der Waals surface area (Å²) in [5, 5.41) is 8.58. The van der Waals surface area contributed by atoms with E-state index in [-0.39, 0.29) is 31.7 Å². The minimum atomic E-state index is -4.73. The molecule has 0 radical (unpaired) electrons. The number of benzene rings is 2. The van der Waals surface area contributed by atoms with Gasteiger partial charge in [-0.3, -0.25) is 14.4 Å². The molecule has 0 bridgehead atoms. The quantitative estimate of drug-likeness (QED) is 0.342. The highest BCUT2D eigenvalue weighted by atomic mass is 19.4. The van der Waals surface area contributed by atoms with E-state index in [0.717, 1.165) is 21.6 Å². The highest BCUT2D eigenvalue weighted by Gasteiger charge is 2.62. The summed E-state index contributed by atoms with van der Waals surface area (Å²) in [6.07, 6.45) is -2.53. The predicted molar refractivity (Wildman–Crippen MR) is 156 cm³/mol. The average molecular weight is 594 g/mol. The van der Waals surface area contributed by atoms with Gasteiger partial charge in [0.2, 0.25) is 17.7 Å². The Balaban J connectivity index is 1.39. The van der Waals surface area contributed by atoms with E-state index in [1.54, 1.807) is 43.6 Å². The fourth-order valence-electron chi connectivity index (χ4n) is 6.04. The van der Waals surface area contributed by atoms with E-state index in [2.05, 4.69) is 20.9 Å². The summed E-state index contributed by atoms with van der Waals surface area (Å²) in [6, 6.07) is 16.0. The summed E-state index contributed by atoms with van der Waals surface area (Å²) in [6.45, 7) is -0.237. The van der Waals surface area contributed by atoms with Crippen molar-refractivity contribution in [1.82, 2.24) is 15.2 Å². The van der Waals surface area contributed by atoms with Gasteiger partial charge in [-0.15, -0.1) is 0 Å². The number of hydrogen-bond donors (Lipinski definition) is 3. The van der Waals surface area contributed by atoms with Crippen molar-refractivity contribution in [3.8, 4) is 0 Å². The molecule has 2 aromatic carbocycles. The third-order valence-corrected chi connectivity index (χ3v) is 8.25. The molecule has 3 N–H and O–H groups in total. The smallest absolute Gasteiger partial charge is 0.328 e. The van der Waals surface area contributed by atoms with Crippen LogP contribution in [0.15, 0.2) is 60.8 Å². The number of anilines is 2. The highest BCUT2D eigenvalue weighted by molar-refractivity contribution is 5.96. The van der Waals surface area contributed by atoms with Crippen LogP contribution in [0, 0.1) is 5.41 Å². The van der Waals surface area contributed by atoms with Crippen LogP contribution >= 0.6 is 0 Å². The van der Waals surface area contributed by atoms with Gasteiger partial charge >= 0.3 is 6.18 Å². The largest absolute Gasteiger partial charge is 0.403 e. The average Bonchev–Trinajstić information content (AvgIpc) is 3.47. The lowest BCUT2D eigenvalue weighted by molar-refractivity contribution is -0.226. The minimum absolute atomic E-state index is 0.0655. The molecule has 5 rings (SSSR count). The van der Waals surface area contributed by atoms with Crippen LogP contribution in [0.2, 0.25) is 0 Å². The summed E-state index contributed by atoms with van der Waals surface area (Å²) < 4.78 is 43.2. The van der Waals surface area contributed by atoms with Crippen LogP contribution in [0.25, 0.3) is 0 Å². The number of pyridine rings is 1. The second-order valence-corrected chi connectivity index (χ2v) is 11.2. The molecule has 1 aliphatic heterocycles. The zero-order valence-corrected chi connectivity index (χ0v) is 23.9. The van der Waals surface area contributed by atoms with Crippen molar-refractivity contribution in [1.29, 1.82) is 0 Å². The second-order valence-electron chi connectivity index (χ2n) is 11.2. The summed E-state index contributed by atoms with van der Waals surface area (Å²) in [5.74, 6) is -1.44. The zero-order chi connectivity index (χ0) is 30.6. The van der Waals surface area contributed by atoms with Crippen molar-refractivity contribution in [3.63, 3.8) is 0 Å². The van der Waals surface area contributed by atoms with E-state index in [0.29, 0.717) is 48.4 Å². The first-order valence-corrected chi connectivity index (χ1v) is 14.3. The molecule has 1 saturated carbocycles. The molecule has 1 aromatic heterocycles. The van der Waals surface area contributed by atoms with E-state index in [1.807, 2.05) is 24.3 Å². The predicted octanol–water partition coefficient (Wildman–Crippen LogP) is 4.98. The Kier molecular flexibility index (Phi) is 8.82. The first kappa shape index (κ1) is 30.2. The molecule has 8 nitrogen and oxygen atoms in total. The Morgan fingerprint density at radius 1 is 0.977 bits per heavy atom. The molecular weight excluding hydrogens is 559 g/mol. The Hall–Kier alpha value is -4.25. The van der Waals surface area contributed by atoms with E-state index in [1.165, 1.54) is 0 Å². The molecule has 11 heteroatoms. The van der Waals surface area contributed by atoms with Crippen molar-refractivity contribution in [2.75, 3.05) is 24.2 Å². The molecule has 2 aliphatic rings. The van der Waals surface area contributed by atoms with Gasteiger partial charge in [0.1, 0.15) is 17.8 Å². The van der Waals surface area contributed by atoms with Gasteiger partial charge in [-0.25, -0.2) is 4.98 Å². The number of aromatic nitrogens is 1. The van der Waals surface area contributed by atoms with Crippen LogP contribution in [0.1, 0.15) is 53.5 Å². The maximum atomic E-state index is 14.4. The number of alkyl halides is 3. The van der Waals surface area contributed by atoms with Crippen molar-refractivity contribution in [2.24, 2.45) is 5.41 Å². The minimum Gasteiger partial charge on any atom is -0.328 e. The monoisotopic (exact) mass is 593 g/mol. The number of amides is 3. The molecule has 0 atom stereocenters. The van der Waals surface area contributed by atoms with Crippen molar-refractivity contribution < 1.29 is 27.6 Å². The number of nitrogens with one attached hydrogen (secondary N) is 3. The van der Waals surface area contributed by atoms with Gasteiger partial charge < -0.3 is 20.9 Å². The number of rotatable bonds is 8. The fraction of sp³-hybridized carbons (Fsp3) is 0.375. The normalized spacial score (nSPS) is 15.9. The lowest BCUT2D eigenvalue weighted by atomic mass is 9.83. The Bertz CT molecular complexity index is 1520. The van der Waals surface area contributed by atoms with Gasteiger partial charge in [-0.05, 0) is 65.9 Å². The van der Waals surface area contributed by atoms with Crippen LogP contribution in [-0.4, -0.2) is 47.4 Å². The fourth-order valence-corrected chi connectivity index (χ4v) is 6.04. The maximum Gasteiger partial charge on any atom is 0.403 e. The Morgan fingerprint density at radius 3 is 2.44 bits per heavy atom. The third-order valence-electron chi connectivity index (χ3n) is 8.25. The number of carbonyl (C=O) groups excluding carboxylic acids is 3. The van der Waals surface area contributed by atoms with Crippen molar-refractivity contribution in [3.05, 3.63) is 88.6 Å². The van der Waals surface area contributed by atoms with Crippen molar-refractivity contribution in [2.45, 2.75) is 57.8 Å². The van der Waals surface area contributed by atoms with Crippen LogP contribution in [-0.2, 0) is 40.3 Å². The van der Waals surface area contributed by atoms with Crippen LogP contribution in [0.5, 0.6) is 0 Å². The lowest BCUT2D eigenvalue weighted by Gasteiger charge is -2.36. The van der Waals surface area contributed by atoms with E-state index in [9.17, 15) is 27.6 Å².